The topological polar surface area (TPSA) is 106 Å². The molecule has 0 aliphatic carbocycles. The fourth-order valence-corrected chi connectivity index (χ4v) is 4.84. The molecule has 1 aliphatic rings. The lowest BCUT2D eigenvalue weighted by Crippen LogP contribution is -2.32. The first kappa shape index (κ1) is 22.5. The quantitative estimate of drug-likeness (QED) is 0.455. The minimum Gasteiger partial charge on any atom is -0.507 e. The second kappa shape index (κ2) is 8.65. The Bertz CT molecular complexity index is 1220. The van der Waals surface area contributed by atoms with Crippen molar-refractivity contribution in [3.8, 4) is 22.8 Å². The molecule has 1 aliphatic heterocycles. The summed E-state index contributed by atoms with van der Waals surface area (Å²) in [6.07, 6.45) is 0.664. The Morgan fingerprint density at radius 3 is 2.69 bits per heavy atom. The van der Waals surface area contributed by atoms with E-state index in [-0.39, 0.29) is 52.8 Å². The van der Waals surface area contributed by atoms with E-state index < -0.39 is 5.43 Å². The van der Waals surface area contributed by atoms with E-state index in [4.69, 9.17) is 16.0 Å². The Balaban J connectivity index is 1.97. The minimum absolute atomic E-state index is 0.000348. The molecule has 0 spiro atoms. The zero-order chi connectivity index (χ0) is 23.2. The fraction of sp³-hybridized carbons (Fsp3) is 0.375. The molecule has 8 heteroatoms. The van der Waals surface area contributed by atoms with Crippen LogP contribution in [0.4, 0.5) is 5.69 Å². The van der Waals surface area contributed by atoms with Gasteiger partial charge in [-0.15, -0.1) is 0 Å². The molecule has 0 amide bonds. The molecule has 1 fully saturated rings. The van der Waals surface area contributed by atoms with Crippen molar-refractivity contribution in [1.82, 2.24) is 4.90 Å². The molecule has 0 radical (unpaired) electrons. The molecule has 4 rings (SSSR count). The molecule has 0 saturated carbocycles. The van der Waals surface area contributed by atoms with Crippen molar-refractivity contribution in [2.75, 3.05) is 25.5 Å². The number of aliphatic hydroxyl groups excluding tert-OH is 1. The predicted octanol–water partition coefficient (Wildman–Crippen LogP) is 4.12. The van der Waals surface area contributed by atoms with E-state index in [0.29, 0.717) is 28.3 Å². The van der Waals surface area contributed by atoms with Gasteiger partial charge in [-0.2, -0.15) is 0 Å². The molecule has 2 heterocycles. The highest BCUT2D eigenvalue weighted by molar-refractivity contribution is 6.35. The molecule has 0 bridgehead atoms. The van der Waals surface area contributed by atoms with Gasteiger partial charge in [0.15, 0.2) is 5.43 Å². The van der Waals surface area contributed by atoms with Crippen LogP contribution < -0.4 is 10.7 Å². The van der Waals surface area contributed by atoms with Gasteiger partial charge in [0.05, 0.1) is 17.3 Å². The molecule has 0 unspecified atom stereocenters. The summed E-state index contributed by atoms with van der Waals surface area (Å²) < 4.78 is 6.17. The number of rotatable bonds is 5. The first-order chi connectivity index (χ1) is 15.2. The zero-order valence-electron chi connectivity index (χ0n) is 18.2. The van der Waals surface area contributed by atoms with Crippen molar-refractivity contribution in [1.29, 1.82) is 0 Å². The van der Waals surface area contributed by atoms with Crippen LogP contribution in [0.2, 0.25) is 5.02 Å². The third-order valence-electron chi connectivity index (χ3n) is 6.09. The standard InChI is InChI=1S/C24H27ClN2O5/c1-12(2)26-15-6-4-5-14(23(15)25)20-10-19(31)22-18(30)9-17(29)21(24(22)32-20)13-7-8-27(3)16(13)11-28/h4-6,9-10,12-13,16,26,28-30H,7-8,11H2,1-3H3/t13-,16+/m1/s1. The lowest BCUT2D eigenvalue weighted by atomic mass is 9.89. The number of nitrogens with one attached hydrogen (secondary N) is 1. The van der Waals surface area contributed by atoms with Gasteiger partial charge < -0.3 is 30.0 Å². The van der Waals surface area contributed by atoms with Gasteiger partial charge in [0.25, 0.3) is 0 Å². The van der Waals surface area contributed by atoms with Crippen LogP contribution in [0.5, 0.6) is 11.5 Å². The van der Waals surface area contributed by atoms with Crippen molar-refractivity contribution >= 4 is 28.3 Å². The maximum atomic E-state index is 13.0. The van der Waals surface area contributed by atoms with Gasteiger partial charge in [-0.05, 0) is 46.0 Å². The maximum absolute atomic E-state index is 13.0. The van der Waals surface area contributed by atoms with Crippen LogP contribution in [0.25, 0.3) is 22.3 Å². The summed E-state index contributed by atoms with van der Waals surface area (Å²) in [5.41, 5.74) is 1.31. The highest BCUT2D eigenvalue weighted by atomic mass is 35.5. The van der Waals surface area contributed by atoms with Crippen molar-refractivity contribution in [3.05, 3.63) is 51.1 Å². The van der Waals surface area contributed by atoms with Crippen LogP contribution in [0, 0.1) is 0 Å². The zero-order valence-corrected chi connectivity index (χ0v) is 19.0. The Hall–Kier alpha value is -2.74. The third kappa shape index (κ3) is 3.81. The van der Waals surface area contributed by atoms with Gasteiger partial charge in [0.2, 0.25) is 0 Å². The molecule has 32 heavy (non-hydrogen) atoms. The number of fused-ring (bicyclic) bond motifs is 1. The van der Waals surface area contributed by atoms with E-state index in [2.05, 4.69) is 5.32 Å². The van der Waals surface area contributed by atoms with E-state index in [1.807, 2.05) is 37.9 Å². The van der Waals surface area contributed by atoms with Gasteiger partial charge >= 0.3 is 0 Å². The van der Waals surface area contributed by atoms with E-state index in [1.165, 1.54) is 12.1 Å². The van der Waals surface area contributed by atoms with Crippen LogP contribution in [-0.2, 0) is 0 Å². The highest BCUT2D eigenvalue weighted by Gasteiger charge is 2.36. The summed E-state index contributed by atoms with van der Waals surface area (Å²) >= 11 is 6.62. The molecule has 1 aromatic heterocycles. The van der Waals surface area contributed by atoms with Gasteiger partial charge in [0.1, 0.15) is 28.2 Å². The Morgan fingerprint density at radius 2 is 2.00 bits per heavy atom. The van der Waals surface area contributed by atoms with Gasteiger partial charge in [0, 0.05) is 41.3 Å². The lowest BCUT2D eigenvalue weighted by molar-refractivity contribution is 0.172. The summed E-state index contributed by atoms with van der Waals surface area (Å²) in [7, 11) is 1.90. The Labute approximate surface area is 190 Å². The number of benzene rings is 2. The molecular formula is C24H27ClN2O5. The van der Waals surface area contributed by atoms with Crippen LogP contribution in [0.15, 0.2) is 39.5 Å². The SMILES string of the molecule is CC(C)Nc1cccc(-c2cc(=O)c3c(O)cc(O)c([C@@H]4CCN(C)[C@H]4CO)c3o2)c1Cl. The number of halogens is 1. The van der Waals surface area contributed by atoms with Crippen molar-refractivity contribution < 1.29 is 19.7 Å². The number of hydrogen-bond donors (Lipinski definition) is 4. The van der Waals surface area contributed by atoms with Crippen LogP contribution in [0.3, 0.4) is 0 Å². The van der Waals surface area contributed by atoms with Crippen molar-refractivity contribution in [2.24, 2.45) is 0 Å². The smallest absolute Gasteiger partial charge is 0.197 e. The van der Waals surface area contributed by atoms with Crippen molar-refractivity contribution in [2.45, 2.75) is 38.3 Å². The molecule has 2 atom stereocenters. The summed E-state index contributed by atoms with van der Waals surface area (Å²) in [4.78, 5) is 15.0. The molecule has 3 aromatic rings. The van der Waals surface area contributed by atoms with E-state index in [9.17, 15) is 20.1 Å². The van der Waals surface area contributed by atoms with Gasteiger partial charge in [-0.25, -0.2) is 0 Å². The lowest BCUT2D eigenvalue weighted by Gasteiger charge is -2.24. The van der Waals surface area contributed by atoms with E-state index in [0.717, 1.165) is 6.54 Å². The van der Waals surface area contributed by atoms with E-state index in [1.54, 1.807) is 6.07 Å². The second-order valence-corrected chi connectivity index (χ2v) is 8.98. The number of phenolic OH excluding ortho intramolecular Hbond substituents is 2. The number of likely N-dealkylation sites (N-methyl/N-ethyl adjacent to an activating group) is 1. The molecule has 2 aromatic carbocycles. The molecule has 7 nitrogen and oxygen atoms in total. The fourth-order valence-electron chi connectivity index (χ4n) is 4.57. The summed E-state index contributed by atoms with van der Waals surface area (Å²) in [5.74, 6) is -0.556. The number of likely N-dealkylation sites (tertiary alicyclic amines) is 1. The first-order valence-corrected chi connectivity index (χ1v) is 11.0. The average Bonchev–Trinajstić information content (AvgIpc) is 3.08. The third-order valence-corrected chi connectivity index (χ3v) is 6.49. The molecule has 170 valence electrons. The largest absolute Gasteiger partial charge is 0.507 e. The molecule has 4 N–H and O–H groups in total. The van der Waals surface area contributed by atoms with Gasteiger partial charge in [-0.3, -0.25) is 4.79 Å². The number of hydrogen-bond acceptors (Lipinski definition) is 7. The number of anilines is 1. The number of aliphatic hydroxyl groups is 1. The Kier molecular flexibility index (Phi) is 6.07. The normalized spacial score (nSPS) is 19.2. The predicted molar refractivity (Wildman–Crippen MR) is 126 cm³/mol. The second-order valence-electron chi connectivity index (χ2n) is 8.60. The summed E-state index contributed by atoms with van der Waals surface area (Å²) in [6.45, 7) is 4.60. The minimum atomic E-state index is -0.440. The van der Waals surface area contributed by atoms with Crippen LogP contribution in [-0.4, -0.2) is 52.5 Å². The average molecular weight is 459 g/mol. The highest BCUT2D eigenvalue weighted by Crippen LogP contribution is 2.45. The Morgan fingerprint density at radius 1 is 1.25 bits per heavy atom. The first-order valence-electron chi connectivity index (χ1n) is 10.6. The number of aromatic hydroxyl groups is 2. The number of nitrogens with zero attached hydrogens (tertiary/aromatic N) is 1. The number of phenols is 2. The summed E-state index contributed by atoms with van der Waals surface area (Å²) in [5, 5.41) is 34.8. The van der Waals surface area contributed by atoms with E-state index >= 15 is 0 Å². The van der Waals surface area contributed by atoms with Crippen LogP contribution in [0.1, 0.15) is 31.7 Å². The van der Waals surface area contributed by atoms with Gasteiger partial charge in [-0.1, -0.05) is 17.7 Å². The summed E-state index contributed by atoms with van der Waals surface area (Å²) in [6, 6.07) is 7.78. The van der Waals surface area contributed by atoms with Crippen LogP contribution >= 0.6 is 11.6 Å². The molecular weight excluding hydrogens is 432 g/mol. The maximum Gasteiger partial charge on any atom is 0.197 e. The monoisotopic (exact) mass is 458 g/mol. The van der Waals surface area contributed by atoms with Crippen molar-refractivity contribution in [3.63, 3.8) is 0 Å². The molecule has 1 saturated heterocycles.